The monoisotopic (exact) mass is 736 g/mol. The summed E-state index contributed by atoms with van der Waals surface area (Å²) in [4.78, 5) is 0. The third kappa shape index (κ3) is 4.73. The first-order chi connectivity index (χ1) is 26.4. The van der Waals surface area contributed by atoms with Crippen LogP contribution in [0, 0.1) is 12.8 Å². The van der Waals surface area contributed by atoms with Crippen LogP contribution in [0.3, 0.4) is 0 Å². The van der Waals surface area contributed by atoms with Crippen LogP contribution in [0.2, 0.25) is 0 Å². The Labute approximate surface area is 318 Å². The highest BCUT2D eigenvalue weighted by Crippen LogP contribution is 2.70. The van der Waals surface area contributed by atoms with Gasteiger partial charge in [-0.25, -0.2) is 0 Å². The molecular formula is C50H42O2P2. The molecule has 0 saturated heterocycles. The van der Waals surface area contributed by atoms with Crippen LogP contribution in [0.1, 0.15) is 53.0 Å². The smallest absolute Gasteiger partial charge is 0.171 e. The second-order valence-corrected chi connectivity index (χ2v) is 21.3. The van der Waals surface area contributed by atoms with Crippen LogP contribution < -0.4 is 26.5 Å². The zero-order valence-electron chi connectivity index (χ0n) is 30.4. The predicted molar refractivity (Wildman–Crippen MR) is 226 cm³/mol. The summed E-state index contributed by atoms with van der Waals surface area (Å²) in [5.74, 6) is 0.442. The molecule has 0 amide bonds. The van der Waals surface area contributed by atoms with E-state index in [4.69, 9.17) is 0 Å². The Morgan fingerprint density at radius 2 is 1.02 bits per heavy atom. The average molecular weight is 737 g/mol. The zero-order chi connectivity index (χ0) is 36.5. The van der Waals surface area contributed by atoms with E-state index in [1.807, 2.05) is 97.1 Å². The molecule has 3 unspecified atom stereocenters. The van der Waals surface area contributed by atoms with Gasteiger partial charge >= 0.3 is 0 Å². The van der Waals surface area contributed by atoms with Gasteiger partial charge in [0.1, 0.15) is 7.14 Å². The van der Waals surface area contributed by atoms with Gasteiger partial charge in [-0.2, -0.15) is 0 Å². The Balaban J connectivity index is 1.23. The van der Waals surface area contributed by atoms with Gasteiger partial charge in [-0.05, 0) is 77.5 Å². The third-order valence-corrected chi connectivity index (χ3v) is 19.6. The molecule has 7 aromatic rings. The molecule has 3 aliphatic carbocycles. The molecule has 3 aliphatic rings. The summed E-state index contributed by atoms with van der Waals surface area (Å²) < 4.78 is 32.0. The number of hydrogen-bond donors (Lipinski definition) is 0. The number of rotatable bonds is 6. The second kappa shape index (κ2) is 12.8. The van der Waals surface area contributed by atoms with Crippen molar-refractivity contribution >= 4 is 40.8 Å². The molecular weight excluding hydrogens is 694 g/mol. The molecule has 4 heteroatoms. The Hall–Kier alpha value is -5.00. The molecule has 0 radical (unpaired) electrons. The van der Waals surface area contributed by atoms with Crippen LogP contribution in [0.25, 0.3) is 11.1 Å². The standard InChI is InChI=1S/C50H42O2P2/c1-35-26-29-43-42-24-14-15-25-46(42)50(47(43)32-35)48-33-40(53(51,36-16-6-2-7-17-36)37-18-8-3-9-19-37)27-30-44(48)45-31-28-41(34-49(45)50)54(52,38-20-10-4-11-21-38)39-22-12-5-13-23-39/h2-27,29-30,32-33,41,45,49H,28,31,34H2,1H3/t41-,45?,49?,50?/m1/s1. The van der Waals surface area contributed by atoms with Crippen LogP contribution in [0.4, 0.5) is 0 Å². The van der Waals surface area contributed by atoms with Gasteiger partial charge in [0, 0.05) is 32.2 Å². The van der Waals surface area contributed by atoms with Crippen molar-refractivity contribution in [1.29, 1.82) is 0 Å². The minimum Gasteiger partial charge on any atom is -0.313 e. The number of fused-ring (bicyclic) bond motifs is 10. The lowest BCUT2D eigenvalue weighted by molar-refractivity contribution is 0.267. The van der Waals surface area contributed by atoms with E-state index in [2.05, 4.69) is 91.9 Å². The highest BCUT2D eigenvalue weighted by Gasteiger charge is 2.61. The Bertz CT molecular complexity index is 2530. The highest BCUT2D eigenvalue weighted by atomic mass is 31.2. The van der Waals surface area contributed by atoms with E-state index in [9.17, 15) is 0 Å². The van der Waals surface area contributed by atoms with E-state index in [0.29, 0.717) is 0 Å². The molecule has 1 spiro atoms. The van der Waals surface area contributed by atoms with Gasteiger partial charge in [0.05, 0.1) is 5.41 Å². The molecule has 0 heterocycles. The number of hydrogen-bond acceptors (Lipinski definition) is 2. The largest absolute Gasteiger partial charge is 0.313 e. The maximum atomic E-state index is 16.0. The van der Waals surface area contributed by atoms with Crippen LogP contribution in [-0.2, 0) is 14.5 Å². The summed E-state index contributed by atoms with van der Waals surface area (Å²) >= 11 is 0. The van der Waals surface area contributed by atoms with Crippen LogP contribution in [-0.4, -0.2) is 5.66 Å². The lowest BCUT2D eigenvalue weighted by atomic mass is 9.62. The van der Waals surface area contributed by atoms with Crippen molar-refractivity contribution in [2.75, 3.05) is 0 Å². The molecule has 10 rings (SSSR count). The SMILES string of the molecule is Cc1ccc2c(c1)C1(c3ccccc3-2)c2cc(P(=O)(c3ccccc3)c3ccccc3)ccc2C2CC[C@@H](P(=O)(c3ccccc3)c3ccccc3)CC21. The molecule has 7 aromatic carbocycles. The summed E-state index contributed by atoms with van der Waals surface area (Å²) in [6.45, 7) is 2.20. The fourth-order valence-corrected chi connectivity index (χ4v) is 16.7. The molecule has 2 nitrogen and oxygen atoms in total. The van der Waals surface area contributed by atoms with Crippen molar-refractivity contribution < 1.29 is 9.13 Å². The van der Waals surface area contributed by atoms with Gasteiger partial charge in [0.15, 0.2) is 7.14 Å². The lowest BCUT2D eigenvalue weighted by Crippen LogP contribution is -2.40. The summed E-state index contributed by atoms with van der Waals surface area (Å²) in [6, 6.07) is 63.4. The molecule has 54 heavy (non-hydrogen) atoms. The highest BCUT2D eigenvalue weighted by molar-refractivity contribution is 7.85. The summed E-state index contributed by atoms with van der Waals surface area (Å²) in [5, 5.41) is 4.44. The number of benzene rings is 7. The summed E-state index contributed by atoms with van der Waals surface area (Å²) in [5.41, 5.74) is 8.56. The summed E-state index contributed by atoms with van der Waals surface area (Å²) in [7, 11) is -6.29. The molecule has 1 saturated carbocycles. The topological polar surface area (TPSA) is 34.1 Å². The molecule has 0 N–H and O–H groups in total. The maximum absolute atomic E-state index is 16.0. The van der Waals surface area contributed by atoms with Crippen molar-refractivity contribution in [1.82, 2.24) is 0 Å². The van der Waals surface area contributed by atoms with Crippen LogP contribution in [0.15, 0.2) is 182 Å². The fourth-order valence-electron chi connectivity index (χ4n) is 10.6. The van der Waals surface area contributed by atoms with E-state index in [-0.39, 0.29) is 17.5 Å². The first kappa shape index (κ1) is 33.6. The first-order valence-corrected chi connectivity index (χ1v) is 22.7. The van der Waals surface area contributed by atoms with Crippen molar-refractivity contribution in [2.24, 2.45) is 5.92 Å². The average Bonchev–Trinajstić information content (AvgIpc) is 3.70. The molecule has 1 fully saturated rings. The number of aryl methyl sites for hydroxylation is 1. The van der Waals surface area contributed by atoms with Gasteiger partial charge in [0.25, 0.3) is 0 Å². The van der Waals surface area contributed by atoms with Crippen LogP contribution >= 0.6 is 14.3 Å². The Morgan fingerprint density at radius 1 is 0.481 bits per heavy atom. The van der Waals surface area contributed by atoms with Gasteiger partial charge < -0.3 is 9.13 Å². The third-order valence-electron chi connectivity index (χ3n) is 12.9. The minimum absolute atomic E-state index is 0.0186. The van der Waals surface area contributed by atoms with Gasteiger partial charge in [-0.15, -0.1) is 0 Å². The van der Waals surface area contributed by atoms with E-state index < -0.39 is 19.7 Å². The van der Waals surface area contributed by atoms with E-state index in [1.165, 1.54) is 38.9 Å². The first-order valence-electron chi connectivity index (χ1n) is 19.2. The normalized spacial score (nSPS) is 21.2. The van der Waals surface area contributed by atoms with Crippen molar-refractivity contribution in [3.8, 4) is 11.1 Å². The van der Waals surface area contributed by atoms with Crippen molar-refractivity contribution in [3.05, 3.63) is 210 Å². The van der Waals surface area contributed by atoms with E-state index in [0.717, 1.165) is 45.8 Å². The van der Waals surface area contributed by atoms with E-state index >= 15 is 9.13 Å². The maximum Gasteiger partial charge on any atom is 0.171 e. The molecule has 264 valence electrons. The quantitative estimate of drug-likeness (QED) is 0.159. The Kier molecular flexibility index (Phi) is 7.96. The van der Waals surface area contributed by atoms with Crippen molar-refractivity contribution in [3.63, 3.8) is 0 Å². The molecule has 0 bridgehead atoms. The zero-order valence-corrected chi connectivity index (χ0v) is 32.2. The summed E-state index contributed by atoms with van der Waals surface area (Å²) in [6.07, 6.45) is 2.66. The second-order valence-electron chi connectivity index (χ2n) is 15.5. The van der Waals surface area contributed by atoms with Crippen LogP contribution in [0.5, 0.6) is 0 Å². The van der Waals surface area contributed by atoms with Gasteiger partial charge in [-0.1, -0.05) is 181 Å². The Morgan fingerprint density at radius 3 is 1.63 bits per heavy atom. The molecule has 0 aliphatic heterocycles. The minimum atomic E-state index is -3.25. The molecule has 0 aromatic heterocycles. The van der Waals surface area contributed by atoms with Crippen molar-refractivity contribution in [2.45, 2.75) is 43.2 Å². The fraction of sp³-hybridized carbons (Fsp3) is 0.160. The van der Waals surface area contributed by atoms with Gasteiger partial charge in [0.2, 0.25) is 0 Å². The van der Waals surface area contributed by atoms with Gasteiger partial charge in [-0.3, -0.25) is 0 Å². The van der Waals surface area contributed by atoms with E-state index in [1.54, 1.807) is 0 Å². The lowest BCUT2D eigenvalue weighted by Gasteiger charge is -2.44. The predicted octanol–water partition coefficient (Wildman–Crippen LogP) is 10.2. The molecule has 4 atom stereocenters.